The number of piperidine rings is 1. The number of alkyl halides is 2. The number of fused-ring (bicyclic) bond motifs is 1. The Balaban J connectivity index is 1.43. The molecule has 8 heteroatoms. The van der Waals surface area contributed by atoms with Crippen molar-refractivity contribution in [3.63, 3.8) is 0 Å². The summed E-state index contributed by atoms with van der Waals surface area (Å²) in [6.45, 7) is 1.30. The predicted molar refractivity (Wildman–Crippen MR) is 104 cm³/mol. The summed E-state index contributed by atoms with van der Waals surface area (Å²) in [5.41, 5.74) is 3.10. The Hall–Kier alpha value is -3.13. The molecule has 1 amide bonds. The van der Waals surface area contributed by atoms with Crippen molar-refractivity contribution < 1.29 is 18.0 Å². The lowest BCUT2D eigenvalue weighted by Crippen LogP contribution is -2.47. The second-order valence-corrected chi connectivity index (χ2v) is 7.57. The van der Waals surface area contributed by atoms with Gasteiger partial charge in [-0.15, -0.1) is 10.2 Å². The molecule has 3 heterocycles. The Morgan fingerprint density at radius 1 is 1.07 bits per heavy atom. The number of benzene rings is 2. The predicted octanol–water partition coefficient (Wildman–Crippen LogP) is 4.77. The standard InChI is InChI=1S/C22H20F2N4O2/c23-19(24)21-26-25-20(30-21)15-9-10-16-13-28(22(29)17(16)12-15)27-11-5-4-8-18(27)14-6-2-1-3-7-14/h1-3,6-7,9-10,12,18-19H,4-5,8,11,13H2. The number of hydrogen-bond donors (Lipinski definition) is 0. The Morgan fingerprint density at radius 2 is 1.90 bits per heavy atom. The third-order valence-electron chi connectivity index (χ3n) is 5.74. The van der Waals surface area contributed by atoms with E-state index in [9.17, 15) is 13.6 Å². The third kappa shape index (κ3) is 3.27. The van der Waals surface area contributed by atoms with Crippen LogP contribution in [0.2, 0.25) is 0 Å². The van der Waals surface area contributed by atoms with Gasteiger partial charge in [0.05, 0.1) is 12.6 Å². The minimum Gasteiger partial charge on any atom is -0.415 e. The van der Waals surface area contributed by atoms with Gasteiger partial charge >= 0.3 is 6.43 Å². The first-order valence-corrected chi connectivity index (χ1v) is 10.00. The molecule has 154 valence electrons. The van der Waals surface area contributed by atoms with Crippen LogP contribution in [-0.2, 0) is 6.54 Å². The monoisotopic (exact) mass is 410 g/mol. The fourth-order valence-electron chi connectivity index (χ4n) is 4.28. The maximum absolute atomic E-state index is 13.3. The fraction of sp³-hybridized carbons (Fsp3) is 0.318. The summed E-state index contributed by atoms with van der Waals surface area (Å²) in [5, 5.41) is 11.0. The second-order valence-electron chi connectivity index (χ2n) is 7.57. The highest BCUT2D eigenvalue weighted by molar-refractivity contribution is 5.99. The Labute approximate surface area is 172 Å². The van der Waals surface area contributed by atoms with Gasteiger partial charge in [-0.2, -0.15) is 8.78 Å². The topological polar surface area (TPSA) is 62.5 Å². The lowest BCUT2D eigenvalue weighted by atomic mass is 9.97. The van der Waals surface area contributed by atoms with E-state index in [4.69, 9.17) is 4.42 Å². The third-order valence-corrected chi connectivity index (χ3v) is 5.74. The summed E-state index contributed by atoms with van der Waals surface area (Å²) in [4.78, 5) is 13.3. The van der Waals surface area contributed by atoms with Crippen molar-refractivity contribution in [2.24, 2.45) is 0 Å². The molecule has 2 aliphatic rings. The van der Waals surface area contributed by atoms with Crippen LogP contribution < -0.4 is 0 Å². The lowest BCUT2D eigenvalue weighted by molar-refractivity contribution is -0.0559. The summed E-state index contributed by atoms with van der Waals surface area (Å²) < 4.78 is 30.5. The van der Waals surface area contributed by atoms with Crippen molar-refractivity contribution in [3.8, 4) is 11.5 Å². The molecule has 1 saturated heterocycles. The average Bonchev–Trinajstić information content (AvgIpc) is 3.40. The zero-order valence-corrected chi connectivity index (χ0v) is 16.2. The fourth-order valence-corrected chi connectivity index (χ4v) is 4.28. The number of hydrogen-bond acceptors (Lipinski definition) is 5. The van der Waals surface area contributed by atoms with Gasteiger partial charge in [0.2, 0.25) is 5.89 Å². The van der Waals surface area contributed by atoms with E-state index in [0.717, 1.165) is 31.4 Å². The molecular weight excluding hydrogens is 390 g/mol. The van der Waals surface area contributed by atoms with Gasteiger partial charge in [-0.05, 0) is 36.1 Å². The van der Waals surface area contributed by atoms with Gasteiger partial charge in [-0.3, -0.25) is 9.80 Å². The Morgan fingerprint density at radius 3 is 2.67 bits per heavy atom. The van der Waals surface area contributed by atoms with E-state index >= 15 is 0 Å². The molecule has 2 aromatic carbocycles. The highest BCUT2D eigenvalue weighted by Crippen LogP contribution is 2.37. The van der Waals surface area contributed by atoms with E-state index in [1.165, 1.54) is 5.56 Å². The number of hydrazine groups is 1. The molecule has 0 radical (unpaired) electrons. The normalized spacial score (nSPS) is 19.5. The quantitative estimate of drug-likeness (QED) is 0.620. The molecule has 2 aliphatic heterocycles. The minimum atomic E-state index is -2.83. The largest absolute Gasteiger partial charge is 0.415 e. The highest BCUT2D eigenvalue weighted by atomic mass is 19.3. The number of aromatic nitrogens is 2. The van der Waals surface area contributed by atoms with E-state index < -0.39 is 12.3 Å². The molecular formula is C22H20F2N4O2. The molecule has 0 spiro atoms. The van der Waals surface area contributed by atoms with E-state index in [0.29, 0.717) is 17.7 Å². The summed E-state index contributed by atoms with van der Waals surface area (Å²) in [6, 6.07) is 15.6. The summed E-state index contributed by atoms with van der Waals surface area (Å²) in [6.07, 6.45) is 0.325. The van der Waals surface area contributed by atoms with Crippen LogP contribution in [0.5, 0.6) is 0 Å². The molecule has 6 nitrogen and oxygen atoms in total. The van der Waals surface area contributed by atoms with Gasteiger partial charge in [-0.1, -0.05) is 42.8 Å². The molecule has 30 heavy (non-hydrogen) atoms. The summed E-state index contributed by atoms with van der Waals surface area (Å²) in [7, 11) is 0. The highest BCUT2D eigenvalue weighted by Gasteiger charge is 2.37. The molecule has 1 atom stereocenters. The average molecular weight is 410 g/mol. The first-order valence-electron chi connectivity index (χ1n) is 10.00. The van der Waals surface area contributed by atoms with Crippen LogP contribution in [0.3, 0.4) is 0 Å². The molecule has 1 aromatic heterocycles. The Bertz CT molecular complexity index is 1070. The number of carbonyl (C=O) groups excluding carboxylic acids is 1. The first-order chi connectivity index (χ1) is 14.6. The number of amides is 1. The van der Waals surface area contributed by atoms with Gasteiger partial charge in [-0.25, -0.2) is 5.01 Å². The van der Waals surface area contributed by atoms with E-state index in [1.807, 2.05) is 29.3 Å². The van der Waals surface area contributed by atoms with Crippen molar-refractivity contribution in [3.05, 3.63) is 71.1 Å². The maximum atomic E-state index is 13.3. The maximum Gasteiger partial charge on any atom is 0.314 e. The van der Waals surface area contributed by atoms with Gasteiger partial charge in [0, 0.05) is 17.7 Å². The first kappa shape index (κ1) is 18.9. The lowest BCUT2D eigenvalue weighted by Gasteiger charge is -2.41. The Kier molecular flexibility index (Phi) is 4.78. The molecule has 0 saturated carbocycles. The van der Waals surface area contributed by atoms with Crippen molar-refractivity contribution in [1.82, 2.24) is 20.2 Å². The molecule has 0 bridgehead atoms. The molecule has 0 N–H and O–H groups in total. The van der Waals surface area contributed by atoms with Gasteiger partial charge in [0.1, 0.15) is 0 Å². The van der Waals surface area contributed by atoms with Crippen LogP contribution in [0.25, 0.3) is 11.5 Å². The van der Waals surface area contributed by atoms with Crippen molar-refractivity contribution in [1.29, 1.82) is 0 Å². The van der Waals surface area contributed by atoms with Crippen LogP contribution in [0.1, 0.15) is 59.1 Å². The van der Waals surface area contributed by atoms with Crippen LogP contribution >= 0.6 is 0 Å². The molecule has 1 fully saturated rings. The smallest absolute Gasteiger partial charge is 0.314 e. The summed E-state index contributed by atoms with van der Waals surface area (Å²) >= 11 is 0. The van der Waals surface area contributed by atoms with Crippen LogP contribution in [0.4, 0.5) is 8.78 Å². The number of rotatable bonds is 4. The number of halogens is 2. The second kappa shape index (κ2) is 7.60. The van der Waals surface area contributed by atoms with E-state index in [1.54, 1.807) is 12.1 Å². The van der Waals surface area contributed by atoms with Crippen LogP contribution in [0.15, 0.2) is 52.9 Å². The van der Waals surface area contributed by atoms with Crippen LogP contribution in [-0.4, -0.2) is 32.7 Å². The number of nitrogens with zero attached hydrogens (tertiary/aromatic N) is 4. The van der Waals surface area contributed by atoms with Crippen molar-refractivity contribution in [2.75, 3.05) is 6.54 Å². The number of carbonyl (C=O) groups is 1. The van der Waals surface area contributed by atoms with Crippen LogP contribution in [0, 0.1) is 0 Å². The van der Waals surface area contributed by atoms with Gasteiger partial charge < -0.3 is 4.42 Å². The molecule has 0 aliphatic carbocycles. The van der Waals surface area contributed by atoms with Crippen molar-refractivity contribution >= 4 is 5.91 Å². The zero-order chi connectivity index (χ0) is 20.7. The molecule has 5 rings (SSSR count). The van der Waals surface area contributed by atoms with E-state index in [-0.39, 0.29) is 17.8 Å². The summed E-state index contributed by atoms with van der Waals surface area (Å²) in [5.74, 6) is -0.833. The zero-order valence-electron chi connectivity index (χ0n) is 16.2. The van der Waals surface area contributed by atoms with E-state index in [2.05, 4.69) is 27.3 Å². The van der Waals surface area contributed by atoms with Crippen molar-refractivity contribution in [2.45, 2.75) is 38.3 Å². The molecule has 1 unspecified atom stereocenters. The van der Waals surface area contributed by atoms with Gasteiger partial charge in [0.25, 0.3) is 11.8 Å². The van der Waals surface area contributed by atoms with Gasteiger partial charge in [0.15, 0.2) is 0 Å². The molecule has 3 aromatic rings. The SMILES string of the molecule is O=C1c2cc(-c3nnc(C(F)F)o3)ccc2CN1N1CCCCC1c1ccccc1. The minimum absolute atomic E-state index is 0.0144.